The zero-order valence-corrected chi connectivity index (χ0v) is 21.3. The van der Waals surface area contributed by atoms with Crippen molar-refractivity contribution in [3.05, 3.63) is 101 Å². The molecule has 1 aliphatic rings. The second-order valence-electron chi connectivity index (χ2n) is 8.70. The van der Waals surface area contributed by atoms with Crippen LogP contribution >= 0.6 is 23.8 Å². The summed E-state index contributed by atoms with van der Waals surface area (Å²) < 4.78 is 0. The Balaban J connectivity index is 1.30. The number of anilines is 1. The van der Waals surface area contributed by atoms with Crippen LogP contribution in [0.4, 0.5) is 5.69 Å². The number of para-hydroxylation sites is 1. The first-order chi connectivity index (χ1) is 17.1. The number of benzene rings is 3. The summed E-state index contributed by atoms with van der Waals surface area (Å²) in [6.07, 6.45) is 0.946. The van der Waals surface area contributed by atoms with Gasteiger partial charge in [0, 0.05) is 38.6 Å². The molecule has 35 heavy (non-hydrogen) atoms. The number of halogens is 1. The fraction of sp³-hybridized carbons (Fsp3) is 0.286. The molecule has 5 nitrogen and oxygen atoms in total. The summed E-state index contributed by atoms with van der Waals surface area (Å²) in [4.78, 5) is 16.9. The Kier molecular flexibility index (Phi) is 9.12. The van der Waals surface area contributed by atoms with Gasteiger partial charge in [-0.2, -0.15) is 0 Å². The van der Waals surface area contributed by atoms with E-state index in [1.807, 2.05) is 30.3 Å². The van der Waals surface area contributed by atoms with E-state index >= 15 is 0 Å². The predicted octanol–water partition coefficient (Wildman–Crippen LogP) is 4.99. The molecule has 2 N–H and O–H groups in total. The predicted molar refractivity (Wildman–Crippen MR) is 148 cm³/mol. The van der Waals surface area contributed by atoms with Crippen LogP contribution in [0.3, 0.4) is 0 Å². The molecule has 1 saturated heterocycles. The lowest BCUT2D eigenvalue weighted by Gasteiger charge is -2.27. The van der Waals surface area contributed by atoms with Gasteiger partial charge >= 0.3 is 0 Å². The lowest BCUT2D eigenvalue weighted by molar-refractivity contribution is -0.117. The zero-order valence-electron chi connectivity index (χ0n) is 19.7. The molecule has 1 aliphatic heterocycles. The summed E-state index contributed by atoms with van der Waals surface area (Å²) in [5.74, 6) is 0.160. The molecule has 182 valence electrons. The lowest BCUT2D eigenvalue weighted by atomic mass is 9.91. The molecule has 1 fully saturated rings. The third kappa shape index (κ3) is 7.28. The topological polar surface area (TPSA) is 47.6 Å². The van der Waals surface area contributed by atoms with Gasteiger partial charge in [-0.25, -0.2) is 0 Å². The highest BCUT2D eigenvalue weighted by Crippen LogP contribution is 2.24. The van der Waals surface area contributed by atoms with Crippen molar-refractivity contribution in [2.24, 2.45) is 0 Å². The van der Waals surface area contributed by atoms with Crippen molar-refractivity contribution in [3.63, 3.8) is 0 Å². The first-order valence-electron chi connectivity index (χ1n) is 12.0. The maximum atomic E-state index is 12.5. The van der Waals surface area contributed by atoms with Crippen molar-refractivity contribution in [1.29, 1.82) is 0 Å². The van der Waals surface area contributed by atoms with E-state index in [0.29, 0.717) is 17.3 Å². The smallest absolute Gasteiger partial charge is 0.238 e. The van der Waals surface area contributed by atoms with E-state index in [4.69, 9.17) is 23.8 Å². The van der Waals surface area contributed by atoms with Crippen molar-refractivity contribution >= 4 is 40.5 Å². The molecule has 0 aromatic heterocycles. The van der Waals surface area contributed by atoms with Gasteiger partial charge in [-0.1, -0.05) is 84.4 Å². The highest BCUT2D eigenvalue weighted by Gasteiger charge is 2.20. The molecule has 3 aromatic rings. The van der Waals surface area contributed by atoms with Crippen molar-refractivity contribution in [1.82, 2.24) is 15.1 Å². The average molecular weight is 507 g/mol. The van der Waals surface area contributed by atoms with E-state index in [9.17, 15) is 4.79 Å². The fourth-order valence-corrected chi connectivity index (χ4v) is 4.84. The first kappa shape index (κ1) is 25.2. The minimum atomic E-state index is -0.0548. The van der Waals surface area contributed by atoms with Crippen LogP contribution in [0.2, 0.25) is 5.02 Å². The number of nitrogens with one attached hydrogen (secondary N) is 2. The van der Waals surface area contributed by atoms with Gasteiger partial charge in [0.1, 0.15) is 0 Å². The Morgan fingerprint density at radius 2 is 1.49 bits per heavy atom. The van der Waals surface area contributed by atoms with Gasteiger partial charge in [0.25, 0.3) is 0 Å². The summed E-state index contributed by atoms with van der Waals surface area (Å²) in [6.45, 7) is 4.35. The normalized spacial score (nSPS) is 14.4. The van der Waals surface area contributed by atoms with Gasteiger partial charge in [0.15, 0.2) is 5.11 Å². The number of hydrogen-bond donors (Lipinski definition) is 2. The molecule has 1 heterocycles. The van der Waals surface area contributed by atoms with Gasteiger partial charge < -0.3 is 15.5 Å². The quantitative estimate of drug-likeness (QED) is 0.442. The molecule has 7 heteroatoms. The van der Waals surface area contributed by atoms with Crippen LogP contribution < -0.4 is 10.6 Å². The van der Waals surface area contributed by atoms with E-state index in [1.54, 1.807) is 6.07 Å². The standard InChI is InChI=1S/C28H31ClN4OS/c29-25-14-7-8-15-26(25)31-27(34)21-32-16-9-17-33(19-18-32)28(35)30-20-24(22-10-3-1-4-11-22)23-12-5-2-6-13-23/h1-8,10-15,24H,9,16-21H2,(H,30,35)(H,31,34). The van der Waals surface area contributed by atoms with Gasteiger partial charge in [-0.05, 0) is 41.9 Å². The molecule has 0 aliphatic carbocycles. The van der Waals surface area contributed by atoms with E-state index in [2.05, 4.69) is 69.0 Å². The molecule has 1 amide bonds. The highest BCUT2D eigenvalue weighted by atomic mass is 35.5. The largest absolute Gasteiger partial charge is 0.362 e. The van der Waals surface area contributed by atoms with Crippen molar-refractivity contribution in [2.75, 3.05) is 44.6 Å². The summed E-state index contributed by atoms with van der Waals surface area (Å²) in [6, 6.07) is 28.4. The minimum Gasteiger partial charge on any atom is -0.362 e. The van der Waals surface area contributed by atoms with Crippen molar-refractivity contribution < 1.29 is 4.79 Å². The molecule has 0 saturated carbocycles. The maximum Gasteiger partial charge on any atom is 0.238 e. The van der Waals surface area contributed by atoms with Gasteiger partial charge in [-0.15, -0.1) is 0 Å². The second kappa shape index (κ2) is 12.7. The Labute approximate surface area is 218 Å². The molecule has 3 aromatic carbocycles. The molecule has 0 bridgehead atoms. The van der Waals surface area contributed by atoms with Crippen molar-refractivity contribution in [3.8, 4) is 0 Å². The fourth-order valence-electron chi connectivity index (χ4n) is 4.39. The molecule has 0 spiro atoms. The number of nitrogens with zero attached hydrogens (tertiary/aromatic N) is 2. The third-order valence-corrected chi connectivity index (χ3v) is 6.98. The molecule has 4 rings (SSSR count). The van der Waals surface area contributed by atoms with Crippen LogP contribution in [0, 0.1) is 0 Å². The molecule has 0 atom stereocenters. The molecular weight excluding hydrogens is 476 g/mol. The first-order valence-corrected chi connectivity index (χ1v) is 12.8. The van der Waals surface area contributed by atoms with Gasteiger partial charge in [-0.3, -0.25) is 9.69 Å². The van der Waals surface area contributed by atoms with Gasteiger partial charge in [0.05, 0.1) is 17.3 Å². The molecule has 0 unspecified atom stereocenters. The van der Waals surface area contributed by atoms with Crippen molar-refractivity contribution in [2.45, 2.75) is 12.3 Å². The highest BCUT2D eigenvalue weighted by molar-refractivity contribution is 7.80. The van der Waals surface area contributed by atoms with Crippen LogP contribution in [0.15, 0.2) is 84.9 Å². The average Bonchev–Trinajstić information content (AvgIpc) is 3.12. The van der Waals surface area contributed by atoms with Crippen LogP contribution in [0.25, 0.3) is 0 Å². The van der Waals surface area contributed by atoms with E-state index in [1.165, 1.54) is 11.1 Å². The van der Waals surface area contributed by atoms with Gasteiger partial charge in [0.2, 0.25) is 5.91 Å². The SMILES string of the molecule is O=C(CN1CCCN(C(=S)NCC(c2ccccc2)c2ccccc2)CC1)Nc1ccccc1Cl. The Morgan fingerprint density at radius 1 is 0.857 bits per heavy atom. The number of thiocarbonyl (C=S) groups is 1. The molecule has 0 radical (unpaired) electrons. The zero-order chi connectivity index (χ0) is 24.5. The minimum absolute atomic E-state index is 0.0548. The second-order valence-corrected chi connectivity index (χ2v) is 9.50. The number of carbonyl (C=O) groups excluding carboxylic acids is 1. The lowest BCUT2D eigenvalue weighted by Crippen LogP contribution is -2.43. The monoisotopic (exact) mass is 506 g/mol. The van der Waals surface area contributed by atoms with E-state index < -0.39 is 0 Å². The van der Waals surface area contributed by atoms with E-state index in [0.717, 1.165) is 44.3 Å². The Morgan fingerprint density at radius 3 is 2.14 bits per heavy atom. The number of carbonyl (C=O) groups is 1. The summed E-state index contributed by atoms with van der Waals surface area (Å²) in [5.41, 5.74) is 3.17. The van der Waals surface area contributed by atoms with E-state index in [-0.39, 0.29) is 11.8 Å². The Bertz CT molecular complexity index is 1070. The van der Waals surface area contributed by atoms with Crippen LogP contribution in [0.5, 0.6) is 0 Å². The summed E-state index contributed by atoms with van der Waals surface area (Å²) in [7, 11) is 0. The summed E-state index contributed by atoms with van der Waals surface area (Å²) in [5, 5.41) is 7.74. The van der Waals surface area contributed by atoms with Crippen LogP contribution in [-0.4, -0.2) is 60.1 Å². The van der Waals surface area contributed by atoms with Crippen LogP contribution in [0.1, 0.15) is 23.5 Å². The third-order valence-electron chi connectivity index (χ3n) is 6.25. The summed E-state index contributed by atoms with van der Waals surface area (Å²) >= 11 is 11.9. The van der Waals surface area contributed by atoms with Crippen LogP contribution in [-0.2, 0) is 4.79 Å². The maximum absolute atomic E-state index is 12.5. The Hall–Kier alpha value is -2.93. The number of rotatable bonds is 7. The number of hydrogen-bond acceptors (Lipinski definition) is 3. The number of amides is 1. The molecular formula is C28H31ClN4OS.